The summed E-state index contributed by atoms with van der Waals surface area (Å²) in [5.74, 6) is 0.143. The number of rotatable bonds is 5. The first-order valence-electron chi connectivity index (χ1n) is 5.00. The Morgan fingerprint density at radius 3 is 3.19 bits per heavy atom. The van der Waals surface area contributed by atoms with Gasteiger partial charge in [-0.2, -0.15) is 5.10 Å². The maximum atomic E-state index is 11.4. The molecule has 0 aromatic carbocycles. The van der Waals surface area contributed by atoms with Crippen LogP contribution in [-0.4, -0.2) is 27.2 Å². The van der Waals surface area contributed by atoms with Crippen LogP contribution in [0.3, 0.4) is 0 Å². The zero-order valence-corrected chi connectivity index (χ0v) is 8.67. The van der Waals surface area contributed by atoms with Gasteiger partial charge in [-0.05, 0) is 18.6 Å². The predicted octanol–water partition coefficient (Wildman–Crippen LogP) is 0.691. The Labute approximate surface area is 92.3 Å². The highest BCUT2D eigenvalue weighted by molar-refractivity contribution is 5.91. The van der Waals surface area contributed by atoms with Crippen LogP contribution < -0.4 is 5.32 Å². The van der Waals surface area contributed by atoms with Crippen LogP contribution in [0.25, 0.3) is 0 Å². The summed E-state index contributed by atoms with van der Waals surface area (Å²) in [5, 5.41) is 6.71. The molecule has 16 heavy (non-hydrogen) atoms. The molecule has 0 unspecified atom stereocenters. The van der Waals surface area contributed by atoms with Crippen LogP contribution in [0.15, 0.2) is 35.5 Å². The molecule has 0 saturated heterocycles. The fourth-order valence-corrected chi connectivity index (χ4v) is 1.29. The maximum Gasteiger partial charge on any atom is 0.286 e. The van der Waals surface area contributed by atoms with Gasteiger partial charge in [0.25, 0.3) is 5.91 Å². The molecule has 1 amide bonds. The highest BCUT2D eigenvalue weighted by Crippen LogP contribution is 1.98. The van der Waals surface area contributed by atoms with Gasteiger partial charge in [-0.25, -0.2) is 4.98 Å². The highest BCUT2D eigenvalue weighted by atomic mass is 16.3. The van der Waals surface area contributed by atoms with Crippen molar-refractivity contribution in [1.82, 2.24) is 20.1 Å². The minimum Gasteiger partial charge on any atom is -0.459 e. The van der Waals surface area contributed by atoms with Crippen LogP contribution in [0.1, 0.15) is 17.0 Å². The van der Waals surface area contributed by atoms with Gasteiger partial charge in [-0.1, -0.05) is 0 Å². The van der Waals surface area contributed by atoms with Crippen molar-refractivity contribution in [3.8, 4) is 0 Å². The monoisotopic (exact) mass is 220 g/mol. The fraction of sp³-hybridized carbons (Fsp3) is 0.300. The number of aryl methyl sites for hydroxylation is 1. The Hall–Kier alpha value is -2.11. The summed E-state index contributed by atoms with van der Waals surface area (Å²) < 4.78 is 6.68. The van der Waals surface area contributed by atoms with E-state index in [2.05, 4.69) is 15.4 Å². The summed E-state index contributed by atoms with van der Waals surface area (Å²) in [6.45, 7) is 1.32. The van der Waals surface area contributed by atoms with E-state index in [0.29, 0.717) is 12.3 Å². The Morgan fingerprint density at radius 2 is 2.50 bits per heavy atom. The first-order valence-corrected chi connectivity index (χ1v) is 5.00. The SMILES string of the molecule is O=C(NCCCn1cncn1)c1ccco1. The number of carbonyl (C=O) groups is 1. The van der Waals surface area contributed by atoms with Crippen LogP contribution in [0.4, 0.5) is 0 Å². The predicted molar refractivity (Wildman–Crippen MR) is 55.7 cm³/mol. The number of furan rings is 1. The van der Waals surface area contributed by atoms with Crippen molar-refractivity contribution in [2.24, 2.45) is 0 Å². The van der Waals surface area contributed by atoms with Gasteiger partial charge >= 0.3 is 0 Å². The molecule has 2 aromatic rings. The number of hydrogen-bond donors (Lipinski definition) is 1. The van der Waals surface area contributed by atoms with Crippen molar-refractivity contribution in [3.05, 3.63) is 36.8 Å². The molecule has 6 nitrogen and oxygen atoms in total. The molecule has 0 bridgehead atoms. The van der Waals surface area contributed by atoms with Crippen LogP contribution in [0.5, 0.6) is 0 Å². The first-order chi connectivity index (χ1) is 7.86. The van der Waals surface area contributed by atoms with Crippen LogP contribution >= 0.6 is 0 Å². The molecule has 84 valence electrons. The molecule has 0 aliphatic heterocycles. The smallest absolute Gasteiger partial charge is 0.286 e. The number of nitrogens with one attached hydrogen (secondary N) is 1. The van der Waals surface area contributed by atoms with E-state index in [0.717, 1.165) is 13.0 Å². The van der Waals surface area contributed by atoms with E-state index in [-0.39, 0.29) is 5.91 Å². The van der Waals surface area contributed by atoms with Crippen LogP contribution in [0, 0.1) is 0 Å². The van der Waals surface area contributed by atoms with Gasteiger partial charge in [0.15, 0.2) is 5.76 Å². The lowest BCUT2D eigenvalue weighted by Gasteiger charge is -2.02. The van der Waals surface area contributed by atoms with Crippen LogP contribution in [0.2, 0.25) is 0 Å². The largest absolute Gasteiger partial charge is 0.459 e. The molecule has 0 fully saturated rings. The van der Waals surface area contributed by atoms with Crippen molar-refractivity contribution in [3.63, 3.8) is 0 Å². The Morgan fingerprint density at radius 1 is 1.56 bits per heavy atom. The van der Waals surface area contributed by atoms with E-state index >= 15 is 0 Å². The second-order valence-corrected chi connectivity index (χ2v) is 3.25. The van der Waals surface area contributed by atoms with Crippen molar-refractivity contribution in [1.29, 1.82) is 0 Å². The lowest BCUT2D eigenvalue weighted by Crippen LogP contribution is -2.24. The number of amides is 1. The number of carbonyl (C=O) groups excluding carboxylic acids is 1. The van der Waals surface area contributed by atoms with Gasteiger partial charge in [-0.15, -0.1) is 0 Å². The average molecular weight is 220 g/mol. The summed E-state index contributed by atoms with van der Waals surface area (Å²) in [6.07, 6.45) is 5.41. The fourth-order valence-electron chi connectivity index (χ4n) is 1.29. The van der Waals surface area contributed by atoms with Crippen molar-refractivity contribution in [2.45, 2.75) is 13.0 Å². The minimum absolute atomic E-state index is 0.191. The standard InChI is InChI=1S/C10H12N4O2/c15-10(9-3-1-6-16-9)12-4-2-5-14-8-11-7-13-14/h1,3,6-8H,2,4-5H2,(H,12,15). The number of aromatic nitrogens is 3. The third-order valence-electron chi connectivity index (χ3n) is 2.06. The van der Waals surface area contributed by atoms with Gasteiger partial charge in [0, 0.05) is 13.1 Å². The van der Waals surface area contributed by atoms with Gasteiger partial charge in [0.1, 0.15) is 12.7 Å². The molecule has 6 heteroatoms. The van der Waals surface area contributed by atoms with Crippen molar-refractivity contribution in [2.75, 3.05) is 6.54 Å². The molecular formula is C10H12N4O2. The van der Waals surface area contributed by atoms with E-state index in [1.165, 1.54) is 12.6 Å². The average Bonchev–Trinajstić information content (AvgIpc) is 2.96. The Bertz CT molecular complexity index is 422. The molecule has 0 saturated carbocycles. The highest BCUT2D eigenvalue weighted by Gasteiger charge is 2.06. The molecule has 1 N–H and O–H groups in total. The molecular weight excluding hydrogens is 208 g/mol. The van der Waals surface area contributed by atoms with E-state index in [1.807, 2.05) is 0 Å². The maximum absolute atomic E-state index is 11.4. The Kier molecular flexibility index (Phi) is 3.32. The van der Waals surface area contributed by atoms with Gasteiger partial charge in [0.2, 0.25) is 0 Å². The zero-order valence-electron chi connectivity index (χ0n) is 8.67. The summed E-state index contributed by atoms with van der Waals surface area (Å²) in [7, 11) is 0. The molecule has 0 atom stereocenters. The summed E-state index contributed by atoms with van der Waals surface area (Å²) >= 11 is 0. The third-order valence-corrected chi connectivity index (χ3v) is 2.06. The molecule has 0 radical (unpaired) electrons. The lowest BCUT2D eigenvalue weighted by molar-refractivity contribution is 0.0925. The van der Waals surface area contributed by atoms with E-state index in [1.54, 1.807) is 23.1 Å². The molecule has 0 aliphatic carbocycles. The zero-order chi connectivity index (χ0) is 11.2. The second-order valence-electron chi connectivity index (χ2n) is 3.25. The third kappa shape index (κ3) is 2.69. The molecule has 2 heterocycles. The first kappa shape index (κ1) is 10.4. The minimum atomic E-state index is -0.191. The summed E-state index contributed by atoms with van der Waals surface area (Å²) in [6, 6.07) is 3.32. The van der Waals surface area contributed by atoms with E-state index < -0.39 is 0 Å². The number of hydrogen-bond acceptors (Lipinski definition) is 4. The molecule has 0 aliphatic rings. The molecule has 0 spiro atoms. The van der Waals surface area contributed by atoms with Gasteiger partial charge in [-0.3, -0.25) is 9.48 Å². The Balaban J connectivity index is 1.67. The molecule has 2 rings (SSSR count). The van der Waals surface area contributed by atoms with Crippen LogP contribution in [-0.2, 0) is 6.54 Å². The van der Waals surface area contributed by atoms with Gasteiger partial charge in [0.05, 0.1) is 6.26 Å². The second kappa shape index (κ2) is 5.11. The molecule has 2 aromatic heterocycles. The van der Waals surface area contributed by atoms with E-state index in [4.69, 9.17) is 4.42 Å². The normalized spacial score (nSPS) is 10.2. The summed E-state index contributed by atoms with van der Waals surface area (Å²) in [4.78, 5) is 15.3. The quantitative estimate of drug-likeness (QED) is 0.752. The summed E-state index contributed by atoms with van der Waals surface area (Å²) in [5.41, 5.74) is 0. The van der Waals surface area contributed by atoms with Crippen molar-refractivity contribution >= 4 is 5.91 Å². The number of nitrogens with zero attached hydrogens (tertiary/aromatic N) is 3. The van der Waals surface area contributed by atoms with Gasteiger partial charge < -0.3 is 9.73 Å². The lowest BCUT2D eigenvalue weighted by atomic mass is 10.4. The van der Waals surface area contributed by atoms with Crippen molar-refractivity contribution < 1.29 is 9.21 Å². The van der Waals surface area contributed by atoms with E-state index in [9.17, 15) is 4.79 Å². The topological polar surface area (TPSA) is 73.0 Å².